The van der Waals surface area contributed by atoms with Crippen molar-refractivity contribution in [2.75, 3.05) is 18.9 Å². The second kappa shape index (κ2) is 6.24. The lowest BCUT2D eigenvalue weighted by Crippen LogP contribution is -2.24. The molecule has 4 heteroatoms. The standard InChI is InChI=1S/C13H18ClNO2/c14-11-4-5-13(15)10(7-11)8-16-9-12-3-1-2-6-17-12/h4-5,7,12H,1-3,6,8-9,15H2. The van der Waals surface area contributed by atoms with Gasteiger partial charge in [0.25, 0.3) is 0 Å². The fraction of sp³-hybridized carbons (Fsp3) is 0.538. The molecule has 0 bridgehead atoms. The van der Waals surface area contributed by atoms with Crippen molar-refractivity contribution in [1.29, 1.82) is 0 Å². The molecule has 0 saturated carbocycles. The number of hydrogen-bond donors (Lipinski definition) is 1. The molecular formula is C13H18ClNO2. The number of anilines is 1. The Labute approximate surface area is 107 Å². The summed E-state index contributed by atoms with van der Waals surface area (Å²) < 4.78 is 11.2. The van der Waals surface area contributed by atoms with Crippen molar-refractivity contribution in [1.82, 2.24) is 0 Å². The van der Waals surface area contributed by atoms with E-state index in [9.17, 15) is 0 Å². The Morgan fingerprint density at radius 2 is 2.29 bits per heavy atom. The molecule has 1 heterocycles. The number of nitrogens with two attached hydrogens (primary N) is 1. The van der Waals surface area contributed by atoms with E-state index in [0.717, 1.165) is 30.7 Å². The molecule has 2 rings (SSSR count). The lowest BCUT2D eigenvalue weighted by atomic mass is 10.1. The van der Waals surface area contributed by atoms with Crippen molar-refractivity contribution in [3.05, 3.63) is 28.8 Å². The van der Waals surface area contributed by atoms with Crippen LogP contribution in [0.15, 0.2) is 18.2 Å². The highest BCUT2D eigenvalue weighted by atomic mass is 35.5. The van der Waals surface area contributed by atoms with Gasteiger partial charge in [-0.25, -0.2) is 0 Å². The molecule has 1 aromatic rings. The second-order valence-electron chi connectivity index (χ2n) is 4.35. The van der Waals surface area contributed by atoms with Crippen LogP contribution in [-0.4, -0.2) is 19.3 Å². The van der Waals surface area contributed by atoms with E-state index in [1.54, 1.807) is 12.1 Å². The molecule has 1 fully saturated rings. The molecule has 0 amide bonds. The van der Waals surface area contributed by atoms with Crippen LogP contribution in [0.3, 0.4) is 0 Å². The molecule has 1 saturated heterocycles. The van der Waals surface area contributed by atoms with E-state index < -0.39 is 0 Å². The molecule has 17 heavy (non-hydrogen) atoms. The Morgan fingerprint density at radius 3 is 3.06 bits per heavy atom. The van der Waals surface area contributed by atoms with Gasteiger partial charge in [0.2, 0.25) is 0 Å². The maximum absolute atomic E-state index is 5.91. The summed E-state index contributed by atoms with van der Waals surface area (Å²) in [7, 11) is 0. The molecule has 1 aliphatic rings. The van der Waals surface area contributed by atoms with Gasteiger partial charge < -0.3 is 15.2 Å². The Bertz CT molecular complexity index is 364. The molecule has 0 radical (unpaired) electrons. The predicted molar refractivity (Wildman–Crippen MR) is 69.1 cm³/mol. The van der Waals surface area contributed by atoms with Gasteiger partial charge in [-0.15, -0.1) is 0 Å². The summed E-state index contributed by atoms with van der Waals surface area (Å²) in [5.74, 6) is 0. The highest BCUT2D eigenvalue weighted by Gasteiger charge is 2.13. The normalized spacial score (nSPS) is 20.4. The summed E-state index contributed by atoms with van der Waals surface area (Å²) in [4.78, 5) is 0. The zero-order valence-electron chi connectivity index (χ0n) is 9.82. The number of rotatable bonds is 4. The number of benzene rings is 1. The second-order valence-corrected chi connectivity index (χ2v) is 4.78. The molecular weight excluding hydrogens is 238 g/mol. The molecule has 2 N–H and O–H groups in total. The number of nitrogen functional groups attached to an aromatic ring is 1. The van der Waals surface area contributed by atoms with Crippen LogP contribution in [-0.2, 0) is 16.1 Å². The third-order valence-corrected chi connectivity index (χ3v) is 3.18. The maximum Gasteiger partial charge on any atom is 0.0808 e. The topological polar surface area (TPSA) is 44.5 Å². The van der Waals surface area contributed by atoms with Gasteiger partial charge in [-0.2, -0.15) is 0 Å². The molecule has 0 aromatic heterocycles. The van der Waals surface area contributed by atoms with Crippen LogP contribution in [0, 0.1) is 0 Å². The third-order valence-electron chi connectivity index (χ3n) is 2.94. The summed E-state index contributed by atoms with van der Waals surface area (Å²) >= 11 is 5.91. The van der Waals surface area contributed by atoms with Gasteiger partial charge in [0.1, 0.15) is 0 Å². The van der Waals surface area contributed by atoms with Crippen LogP contribution in [0.5, 0.6) is 0 Å². The molecule has 1 unspecified atom stereocenters. The van der Waals surface area contributed by atoms with Gasteiger partial charge in [-0.1, -0.05) is 11.6 Å². The van der Waals surface area contributed by atoms with Crippen LogP contribution in [0.25, 0.3) is 0 Å². The summed E-state index contributed by atoms with van der Waals surface area (Å²) in [6.07, 6.45) is 3.72. The molecule has 1 atom stereocenters. The van der Waals surface area contributed by atoms with E-state index in [1.807, 2.05) is 6.07 Å². The Kier molecular flexibility index (Phi) is 4.66. The van der Waals surface area contributed by atoms with Crippen LogP contribution < -0.4 is 5.73 Å². The monoisotopic (exact) mass is 255 g/mol. The summed E-state index contributed by atoms with van der Waals surface area (Å²) in [6, 6.07) is 5.43. The molecule has 0 spiro atoms. The Hall–Kier alpha value is -0.770. The van der Waals surface area contributed by atoms with E-state index in [1.165, 1.54) is 6.42 Å². The van der Waals surface area contributed by atoms with Crippen LogP contribution in [0.4, 0.5) is 5.69 Å². The molecule has 1 aromatic carbocycles. The SMILES string of the molecule is Nc1ccc(Cl)cc1COCC1CCCCO1. The summed E-state index contributed by atoms with van der Waals surface area (Å²) in [5.41, 5.74) is 7.50. The van der Waals surface area contributed by atoms with Gasteiger partial charge in [-0.3, -0.25) is 0 Å². The molecule has 1 aliphatic heterocycles. The Balaban J connectivity index is 1.79. The van der Waals surface area contributed by atoms with E-state index >= 15 is 0 Å². The highest BCUT2D eigenvalue weighted by molar-refractivity contribution is 6.30. The summed E-state index contributed by atoms with van der Waals surface area (Å²) in [5, 5.41) is 0.687. The van der Waals surface area contributed by atoms with Gasteiger partial charge in [0.05, 0.1) is 19.3 Å². The van der Waals surface area contributed by atoms with Crippen LogP contribution >= 0.6 is 11.6 Å². The number of halogens is 1. The largest absolute Gasteiger partial charge is 0.398 e. The molecule has 94 valence electrons. The molecule has 0 aliphatic carbocycles. The van der Waals surface area contributed by atoms with Crippen molar-refractivity contribution in [3.8, 4) is 0 Å². The van der Waals surface area contributed by atoms with Gasteiger partial charge in [0.15, 0.2) is 0 Å². The van der Waals surface area contributed by atoms with Gasteiger partial charge in [-0.05, 0) is 37.5 Å². The van der Waals surface area contributed by atoms with Crippen molar-refractivity contribution >= 4 is 17.3 Å². The first-order valence-electron chi connectivity index (χ1n) is 5.99. The number of ether oxygens (including phenoxy) is 2. The van der Waals surface area contributed by atoms with E-state index in [0.29, 0.717) is 18.2 Å². The molecule has 3 nitrogen and oxygen atoms in total. The predicted octanol–water partition coefficient (Wildman–Crippen LogP) is 3.01. The zero-order chi connectivity index (χ0) is 12.1. The minimum absolute atomic E-state index is 0.240. The maximum atomic E-state index is 5.91. The fourth-order valence-corrected chi connectivity index (χ4v) is 2.13. The fourth-order valence-electron chi connectivity index (χ4n) is 1.94. The quantitative estimate of drug-likeness (QED) is 0.842. The van der Waals surface area contributed by atoms with Crippen molar-refractivity contribution < 1.29 is 9.47 Å². The average molecular weight is 256 g/mol. The zero-order valence-corrected chi connectivity index (χ0v) is 10.6. The van der Waals surface area contributed by atoms with Crippen molar-refractivity contribution in [3.63, 3.8) is 0 Å². The van der Waals surface area contributed by atoms with E-state index in [-0.39, 0.29) is 6.10 Å². The Morgan fingerprint density at radius 1 is 1.41 bits per heavy atom. The minimum Gasteiger partial charge on any atom is -0.398 e. The lowest BCUT2D eigenvalue weighted by molar-refractivity contribution is -0.0446. The smallest absolute Gasteiger partial charge is 0.0808 e. The highest BCUT2D eigenvalue weighted by Crippen LogP contribution is 2.19. The summed E-state index contributed by atoms with van der Waals surface area (Å²) in [6.45, 7) is 1.98. The number of hydrogen-bond acceptors (Lipinski definition) is 3. The lowest BCUT2D eigenvalue weighted by Gasteiger charge is -2.22. The average Bonchev–Trinajstić information content (AvgIpc) is 2.35. The van der Waals surface area contributed by atoms with Gasteiger partial charge in [0, 0.05) is 22.9 Å². The van der Waals surface area contributed by atoms with Gasteiger partial charge >= 0.3 is 0 Å². The van der Waals surface area contributed by atoms with Crippen molar-refractivity contribution in [2.24, 2.45) is 0 Å². The van der Waals surface area contributed by atoms with E-state index in [4.69, 9.17) is 26.8 Å². The minimum atomic E-state index is 0.240. The third kappa shape index (κ3) is 3.87. The first kappa shape index (κ1) is 12.7. The van der Waals surface area contributed by atoms with Crippen LogP contribution in [0.1, 0.15) is 24.8 Å². The first-order valence-corrected chi connectivity index (χ1v) is 6.37. The van der Waals surface area contributed by atoms with Crippen molar-refractivity contribution in [2.45, 2.75) is 32.0 Å². The first-order chi connectivity index (χ1) is 8.25. The van der Waals surface area contributed by atoms with E-state index in [2.05, 4.69) is 0 Å². The van der Waals surface area contributed by atoms with Crippen LogP contribution in [0.2, 0.25) is 5.02 Å².